The minimum absolute atomic E-state index is 0.246. The topological polar surface area (TPSA) is 49.5 Å². The molecule has 100 valence electrons. The Balaban J connectivity index is 2.15. The quantitative estimate of drug-likeness (QED) is 0.822. The van der Waals surface area contributed by atoms with Crippen LogP contribution in [-0.4, -0.2) is 24.3 Å². The summed E-state index contributed by atoms with van der Waals surface area (Å²) in [4.78, 5) is 2.17. The molecule has 5 heteroatoms. The number of nitrogens with zero attached hydrogens (tertiary/aromatic N) is 1. The van der Waals surface area contributed by atoms with Gasteiger partial charge in [0.2, 0.25) is 0 Å². The molecule has 2 rings (SSSR count). The minimum atomic E-state index is -0.246. The predicted octanol–water partition coefficient (Wildman–Crippen LogP) is 3.17. The van der Waals surface area contributed by atoms with Crippen LogP contribution in [0.25, 0.3) is 0 Å². The van der Waals surface area contributed by atoms with E-state index in [9.17, 15) is 5.11 Å². The lowest BCUT2D eigenvalue weighted by atomic mass is 9.92. The molecule has 18 heavy (non-hydrogen) atoms. The van der Waals surface area contributed by atoms with Gasteiger partial charge in [-0.05, 0) is 37.8 Å². The average molecular weight is 289 g/mol. The third-order valence-electron chi connectivity index (χ3n) is 3.58. The number of aliphatic hydroxyl groups excluding tert-OH is 1. The van der Waals surface area contributed by atoms with E-state index in [-0.39, 0.29) is 6.10 Å². The van der Waals surface area contributed by atoms with Crippen molar-refractivity contribution < 1.29 is 5.11 Å². The van der Waals surface area contributed by atoms with Gasteiger partial charge in [0.05, 0.1) is 21.8 Å². The van der Waals surface area contributed by atoms with Crippen molar-refractivity contribution in [1.82, 2.24) is 0 Å². The highest BCUT2D eigenvalue weighted by molar-refractivity contribution is 6.39. The van der Waals surface area contributed by atoms with E-state index in [0.29, 0.717) is 21.7 Å². The summed E-state index contributed by atoms with van der Waals surface area (Å²) in [5.41, 5.74) is 7.13. The molecule has 1 atom stereocenters. The summed E-state index contributed by atoms with van der Waals surface area (Å²) >= 11 is 12.4. The molecule has 1 unspecified atom stereocenters. The van der Waals surface area contributed by atoms with E-state index in [2.05, 4.69) is 4.90 Å². The van der Waals surface area contributed by atoms with Gasteiger partial charge in [-0.2, -0.15) is 0 Å². The van der Waals surface area contributed by atoms with Crippen LogP contribution >= 0.6 is 23.2 Å². The number of halogens is 2. The third-order valence-corrected chi connectivity index (χ3v) is 4.15. The number of nitrogens with two attached hydrogens (primary N) is 1. The Morgan fingerprint density at radius 3 is 2.22 bits per heavy atom. The maximum absolute atomic E-state index is 9.59. The smallest absolute Gasteiger partial charge is 0.0746 e. The molecule has 1 heterocycles. The van der Waals surface area contributed by atoms with Gasteiger partial charge in [-0.1, -0.05) is 23.2 Å². The molecular formula is C13H18Cl2N2O. The van der Waals surface area contributed by atoms with Crippen molar-refractivity contribution in [3.05, 3.63) is 22.2 Å². The van der Waals surface area contributed by atoms with E-state index >= 15 is 0 Å². The summed E-state index contributed by atoms with van der Waals surface area (Å²) in [6, 6.07) is 3.45. The first-order valence-electron chi connectivity index (χ1n) is 6.16. The van der Waals surface area contributed by atoms with Crippen LogP contribution in [0.2, 0.25) is 10.0 Å². The Morgan fingerprint density at radius 1 is 1.28 bits per heavy atom. The highest BCUT2D eigenvalue weighted by Crippen LogP contribution is 2.38. The summed E-state index contributed by atoms with van der Waals surface area (Å²) < 4.78 is 0. The second kappa shape index (κ2) is 5.55. The van der Waals surface area contributed by atoms with Gasteiger partial charge in [0.15, 0.2) is 0 Å². The molecule has 0 radical (unpaired) electrons. The van der Waals surface area contributed by atoms with Crippen molar-refractivity contribution in [1.29, 1.82) is 0 Å². The Morgan fingerprint density at radius 2 is 1.78 bits per heavy atom. The first-order valence-corrected chi connectivity index (χ1v) is 6.92. The van der Waals surface area contributed by atoms with Crippen LogP contribution in [0.15, 0.2) is 12.1 Å². The number of benzene rings is 1. The van der Waals surface area contributed by atoms with Crippen molar-refractivity contribution in [3.8, 4) is 0 Å². The molecule has 1 aliphatic rings. The number of piperidine rings is 1. The summed E-state index contributed by atoms with van der Waals surface area (Å²) in [6.07, 6.45) is 1.66. The number of hydrogen-bond donors (Lipinski definition) is 2. The second-order valence-electron chi connectivity index (χ2n) is 4.90. The molecule has 0 aliphatic carbocycles. The van der Waals surface area contributed by atoms with Crippen LogP contribution in [0.4, 0.5) is 11.4 Å². The molecule has 1 aliphatic heterocycles. The monoisotopic (exact) mass is 288 g/mol. The van der Waals surface area contributed by atoms with E-state index in [0.717, 1.165) is 31.6 Å². The van der Waals surface area contributed by atoms with Gasteiger partial charge in [-0.25, -0.2) is 0 Å². The molecular weight excluding hydrogens is 271 g/mol. The average Bonchev–Trinajstić information content (AvgIpc) is 2.28. The first kappa shape index (κ1) is 13.8. The van der Waals surface area contributed by atoms with E-state index in [1.165, 1.54) is 0 Å². The molecule has 3 N–H and O–H groups in total. The highest BCUT2D eigenvalue weighted by atomic mass is 35.5. The number of rotatable bonds is 2. The van der Waals surface area contributed by atoms with Gasteiger partial charge in [-0.3, -0.25) is 0 Å². The van der Waals surface area contributed by atoms with Gasteiger partial charge in [0.25, 0.3) is 0 Å². The zero-order valence-electron chi connectivity index (χ0n) is 10.4. The lowest BCUT2D eigenvalue weighted by Gasteiger charge is -2.35. The number of nitrogen functional groups attached to an aromatic ring is 1. The molecule has 0 spiro atoms. The summed E-state index contributed by atoms with van der Waals surface area (Å²) in [6.45, 7) is 3.57. The molecule has 0 bridgehead atoms. The first-order chi connectivity index (χ1) is 8.49. The predicted molar refractivity (Wildman–Crippen MR) is 77.5 cm³/mol. The van der Waals surface area contributed by atoms with E-state index < -0.39 is 0 Å². The fourth-order valence-corrected chi connectivity index (χ4v) is 3.24. The van der Waals surface area contributed by atoms with Gasteiger partial charge in [0, 0.05) is 18.8 Å². The summed E-state index contributed by atoms with van der Waals surface area (Å²) in [7, 11) is 0. The Kier molecular flexibility index (Phi) is 4.25. The summed E-state index contributed by atoms with van der Waals surface area (Å²) in [5, 5.41) is 10.8. The van der Waals surface area contributed by atoms with Crippen LogP contribution in [0.5, 0.6) is 0 Å². The molecule has 1 fully saturated rings. The lowest BCUT2D eigenvalue weighted by molar-refractivity contribution is 0.110. The van der Waals surface area contributed by atoms with Crippen LogP contribution in [-0.2, 0) is 0 Å². The van der Waals surface area contributed by atoms with Crippen LogP contribution < -0.4 is 10.6 Å². The van der Waals surface area contributed by atoms with Crippen LogP contribution in [0.3, 0.4) is 0 Å². The molecule has 1 aromatic carbocycles. The Labute approximate surface area is 117 Å². The van der Waals surface area contributed by atoms with Gasteiger partial charge in [-0.15, -0.1) is 0 Å². The fourth-order valence-electron chi connectivity index (χ4n) is 2.49. The SMILES string of the molecule is CC(O)C1CCN(c2c(Cl)cc(N)cc2Cl)CC1. The Hall–Kier alpha value is -0.640. The third kappa shape index (κ3) is 2.85. The molecule has 3 nitrogen and oxygen atoms in total. The Bertz CT molecular complexity index is 406. The molecule has 0 aromatic heterocycles. The van der Waals surface area contributed by atoms with Crippen molar-refractivity contribution in [2.24, 2.45) is 5.92 Å². The van der Waals surface area contributed by atoms with Crippen molar-refractivity contribution in [2.75, 3.05) is 23.7 Å². The normalized spacial score (nSPS) is 19.0. The molecule has 1 saturated heterocycles. The number of aliphatic hydroxyl groups is 1. The number of anilines is 2. The largest absolute Gasteiger partial charge is 0.399 e. The minimum Gasteiger partial charge on any atom is -0.399 e. The molecule has 0 saturated carbocycles. The fraction of sp³-hybridized carbons (Fsp3) is 0.538. The van der Waals surface area contributed by atoms with Gasteiger partial charge in [0.1, 0.15) is 0 Å². The molecule has 1 aromatic rings. The standard InChI is InChI=1S/C13H18Cl2N2O/c1-8(18)9-2-4-17(5-3-9)13-11(14)6-10(16)7-12(13)15/h6-9,18H,2-5,16H2,1H3. The van der Waals surface area contributed by atoms with Crippen LogP contribution in [0.1, 0.15) is 19.8 Å². The summed E-state index contributed by atoms with van der Waals surface area (Å²) in [5.74, 6) is 0.368. The van der Waals surface area contributed by atoms with Gasteiger partial charge < -0.3 is 15.7 Å². The van der Waals surface area contributed by atoms with E-state index in [4.69, 9.17) is 28.9 Å². The van der Waals surface area contributed by atoms with E-state index in [1.807, 2.05) is 6.92 Å². The van der Waals surface area contributed by atoms with Crippen molar-refractivity contribution in [2.45, 2.75) is 25.9 Å². The zero-order chi connectivity index (χ0) is 13.3. The second-order valence-corrected chi connectivity index (χ2v) is 5.71. The van der Waals surface area contributed by atoms with Crippen molar-refractivity contribution in [3.63, 3.8) is 0 Å². The lowest BCUT2D eigenvalue weighted by Crippen LogP contribution is -2.37. The maximum atomic E-state index is 9.59. The number of hydrogen-bond acceptors (Lipinski definition) is 3. The van der Waals surface area contributed by atoms with E-state index in [1.54, 1.807) is 12.1 Å². The van der Waals surface area contributed by atoms with Gasteiger partial charge >= 0.3 is 0 Å². The zero-order valence-corrected chi connectivity index (χ0v) is 11.9. The van der Waals surface area contributed by atoms with Crippen LogP contribution in [0, 0.1) is 5.92 Å². The van der Waals surface area contributed by atoms with Crippen molar-refractivity contribution >= 4 is 34.6 Å². The maximum Gasteiger partial charge on any atom is 0.0746 e. The highest BCUT2D eigenvalue weighted by Gasteiger charge is 2.25. The molecule has 0 amide bonds.